The maximum Gasteiger partial charge on any atom is 0.244 e. The summed E-state index contributed by atoms with van der Waals surface area (Å²) in [6.07, 6.45) is 0. The lowest BCUT2D eigenvalue weighted by Crippen LogP contribution is -2.27. The van der Waals surface area contributed by atoms with Crippen molar-refractivity contribution in [2.75, 3.05) is 20.1 Å². The Morgan fingerprint density at radius 2 is 1.89 bits per heavy atom. The van der Waals surface area contributed by atoms with E-state index in [1.165, 1.54) is 17.4 Å². The average Bonchev–Trinajstić information content (AvgIpc) is 2.37. The minimum atomic E-state index is -3.57. The maximum atomic E-state index is 12.3. The standard InChI is InChI=1S/C12H18Cl2N2O2S/c1-4-15-8-9-10(13)6-7-11(12(9)14)19(17,18)16(3)5-2/h6-7,15H,4-5,8H2,1-3H3. The van der Waals surface area contributed by atoms with Crippen LogP contribution in [0, 0.1) is 0 Å². The molecule has 0 saturated carbocycles. The van der Waals surface area contributed by atoms with Gasteiger partial charge in [-0.1, -0.05) is 37.0 Å². The molecule has 0 radical (unpaired) electrons. The molecule has 1 N–H and O–H groups in total. The van der Waals surface area contributed by atoms with Crippen molar-refractivity contribution in [2.45, 2.75) is 25.3 Å². The van der Waals surface area contributed by atoms with Crippen LogP contribution in [0.25, 0.3) is 0 Å². The van der Waals surface area contributed by atoms with Gasteiger partial charge in [0.05, 0.1) is 5.02 Å². The zero-order valence-corrected chi connectivity index (χ0v) is 13.5. The van der Waals surface area contributed by atoms with Crippen molar-refractivity contribution in [3.63, 3.8) is 0 Å². The van der Waals surface area contributed by atoms with Gasteiger partial charge in [0.2, 0.25) is 10.0 Å². The first-order valence-corrected chi connectivity index (χ1v) is 8.19. The number of halogens is 2. The van der Waals surface area contributed by atoms with Gasteiger partial charge in [-0.15, -0.1) is 0 Å². The van der Waals surface area contributed by atoms with Gasteiger partial charge in [-0.2, -0.15) is 0 Å². The topological polar surface area (TPSA) is 49.4 Å². The van der Waals surface area contributed by atoms with Gasteiger partial charge in [-0.3, -0.25) is 0 Å². The van der Waals surface area contributed by atoms with E-state index in [9.17, 15) is 8.42 Å². The summed E-state index contributed by atoms with van der Waals surface area (Å²) in [5.41, 5.74) is 0.607. The zero-order valence-electron chi connectivity index (χ0n) is 11.2. The van der Waals surface area contributed by atoms with Gasteiger partial charge in [0.25, 0.3) is 0 Å². The van der Waals surface area contributed by atoms with Crippen molar-refractivity contribution in [2.24, 2.45) is 0 Å². The molecule has 0 fully saturated rings. The summed E-state index contributed by atoms with van der Waals surface area (Å²) in [6.45, 7) is 5.28. The first-order valence-electron chi connectivity index (χ1n) is 6.00. The van der Waals surface area contributed by atoms with E-state index in [0.717, 1.165) is 6.54 Å². The van der Waals surface area contributed by atoms with Crippen LogP contribution in [0.15, 0.2) is 17.0 Å². The molecule has 0 aromatic heterocycles. The number of hydrogen-bond acceptors (Lipinski definition) is 3. The summed E-state index contributed by atoms with van der Waals surface area (Å²) in [5.74, 6) is 0. The Bertz CT molecular complexity index is 547. The predicted octanol–water partition coefficient (Wildman–Crippen LogP) is 2.74. The summed E-state index contributed by atoms with van der Waals surface area (Å²) in [5, 5.41) is 3.74. The molecule has 1 aromatic rings. The Hall–Kier alpha value is -0.330. The van der Waals surface area contributed by atoms with E-state index >= 15 is 0 Å². The van der Waals surface area contributed by atoms with Crippen LogP contribution in [-0.2, 0) is 16.6 Å². The van der Waals surface area contributed by atoms with Crippen LogP contribution in [0.2, 0.25) is 10.0 Å². The van der Waals surface area contributed by atoms with Crippen LogP contribution in [0.1, 0.15) is 19.4 Å². The summed E-state index contributed by atoms with van der Waals surface area (Å²) in [7, 11) is -2.05. The first kappa shape index (κ1) is 16.7. The first-order chi connectivity index (χ1) is 8.86. The minimum Gasteiger partial charge on any atom is -0.313 e. The second-order valence-corrected chi connectivity index (χ2v) is 6.84. The van der Waals surface area contributed by atoms with Gasteiger partial charge < -0.3 is 5.32 Å². The predicted molar refractivity (Wildman–Crippen MR) is 79.3 cm³/mol. The van der Waals surface area contributed by atoms with Crippen molar-refractivity contribution in [3.05, 3.63) is 27.7 Å². The van der Waals surface area contributed by atoms with Crippen molar-refractivity contribution < 1.29 is 8.42 Å². The molecule has 4 nitrogen and oxygen atoms in total. The van der Waals surface area contributed by atoms with E-state index in [0.29, 0.717) is 23.7 Å². The van der Waals surface area contributed by atoms with Gasteiger partial charge in [0.15, 0.2) is 0 Å². The molecular formula is C12H18Cl2N2O2S. The highest BCUT2D eigenvalue weighted by molar-refractivity contribution is 7.89. The fourth-order valence-corrected chi connectivity index (χ4v) is 3.59. The molecule has 0 heterocycles. The molecule has 108 valence electrons. The molecule has 0 saturated heterocycles. The molecular weight excluding hydrogens is 307 g/mol. The molecule has 0 aliphatic carbocycles. The normalized spacial score (nSPS) is 12.1. The quantitative estimate of drug-likeness (QED) is 0.875. The van der Waals surface area contributed by atoms with Gasteiger partial charge in [-0.05, 0) is 18.7 Å². The maximum absolute atomic E-state index is 12.3. The molecule has 1 aromatic carbocycles. The Kier molecular flexibility index (Phi) is 6.08. The highest BCUT2D eigenvalue weighted by atomic mass is 35.5. The Morgan fingerprint density at radius 1 is 1.26 bits per heavy atom. The summed E-state index contributed by atoms with van der Waals surface area (Å²) in [4.78, 5) is 0.0934. The highest BCUT2D eigenvalue weighted by Crippen LogP contribution is 2.32. The van der Waals surface area contributed by atoms with Gasteiger partial charge in [0, 0.05) is 30.7 Å². The lowest BCUT2D eigenvalue weighted by Gasteiger charge is -2.18. The van der Waals surface area contributed by atoms with Crippen LogP contribution in [-0.4, -0.2) is 32.9 Å². The van der Waals surface area contributed by atoms with Crippen LogP contribution in [0.4, 0.5) is 0 Å². The third-order valence-electron chi connectivity index (χ3n) is 2.84. The van der Waals surface area contributed by atoms with E-state index in [-0.39, 0.29) is 9.92 Å². The van der Waals surface area contributed by atoms with E-state index in [4.69, 9.17) is 23.2 Å². The summed E-state index contributed by atoms with van der Waals surface area (Å²) < 4.78 is 25.8. The molecule has 0 amide bonds. The molecule has 0 unspecified atom stereocenters. The molecule has 7 heteroatoms. The molecule has 0 aliphatic rings. The average molecular weight is 325 g/mol. The van der Waals surface area contributed by atoms with E-state index in [1.807, 2.05) is 6.92 Å². The van der Waals surface area contributed by atoms with Crippen LogP contribution in [0.3, 0.4) is 0 Å². The number of sulfonamides is 1. The number of benzene rings is 1. The monoisotopic (exact) mass is 324 g/mol. The summed E-state index contributed by atoms with van der Waals surface area (Å²) >= 11 is 12.3. The largest absolute Gasteiger partial charge is 0.313 e. The Morgan fingerprint density at radius 3 is 2.42 bits per heavy atom. The van der Waals surface area contributed by atoms with Crippen LogP contribution in [0.5, 0.6) is 0 Å². The molecule has 0 atom stereocenters. The number of nitrogens with one attached hydrogen (secondary N) is 1. The molecule has 0 bridgehead atoms. The van der Waals surface area contributed by atoms with Crippen molar-refractivity contribution in [1.29, 1.82) is 0 Å². The third kappa shape index (κ3) is 3.61. The number of hydrogen-bond donors (Lipinski definition) is 1. The van der Waals surface area contributed by atoms with E-state index in [1.54, 1.807) is 13.0 Å². The highest BCUT2D eigenvalue weighted by Gasteiger charge is 2.24. The SMILES string of the molecule is CCNCc1c(Cl)ccc(S(=O)(=O)N(C)CC)c1Cl. The fourth-order valence-electron chi connectivity index (χ4n) is 1.53. The van der Waals surface area contributed by atoms with E-state index in [2.05, 4.69) is 5.32 Å². The second-order valence-electron chi connectivity index (χ2n) is 4.04. The fraction of sp³-hybridized carbons (Fsp3) is 0.500. The number of rotatable bonds is 6. The second kappa shape index (κ2) is 6.90. The van der Waals surface area contributed by atoms with Gasteiger partial charge in [0.1, 0.15) is 4.90 Å². The summed E-state index contributed by atoms with van der Waals surface area (Å²) in [6, 6.07) is 3.01. The molecule has 0 spiro atoms. The zero-order chi connectivity index (χ0) is 14.6. The molecule has 0 aliphatic heterocycles. The lowest BCUT2D eigenvalue weighted by atomic mass is 10.2. The van der Waals surface area contributed by atoms with E-state index < -0.39 is 10.0 Å². The van der Waals surface area contributed by atoms with Crippen molar-refractivity contribution in [1.82, 2.24) is 9.62 Å². The van der Waals surface area contributed by atoms with Crippen LogP contribution < -0.4 is 5.32 Å². The minimum absolute atomic E-state index is 0.0934. The number of nitrogens with zero attached hydrogens (tertiary/aromatic N) is 1. The molecule has 1 rings (SSSR count). The van der Waals surface area contributed by atoms with Gasteiger partial charge >= 0.3 is 0 Å². The van der Waals surface area contributed by atoms with Crippen molar-refractivity contribution >= 4 is 33.2 Å². The van der Waals surface area contributed by atoms with Crippen LogP contribution >= 0.6 is 23.2 Å². The smallest absolute Gasteiger partial charge is 0.244 e. The Balaban J connectivity index is 3.32. The lowest BCUT2D eigenvalue weighted by molar-refractivity contribution is 0.486. The third-order valence-corrected chi connectivity index (χ3v) is 5.71. The van der Waals surface area contributed by atoms with Crippen molar-refractivity contribution in [3.8, 4) is 0 Å². The van der Waals surface area contributed by atoms with Gasteiger partial charge in [-0.25, -0.2) is 12.7 Å². The Labute approximate surface area is 124 Å². The molecule has 19 heavy (non-hydrogen) atoms.